The molecule has 4 heteroatoms. The van der Waals surface area contributed by atoms with E-state index in [1.54, 1.807) is 0 Å². The fourth-order valence-corrected chi connectivity index (χ4v) is 3.22. The van der Waals surface area contributed by atoms with Gasteiger partial charge in [-0.05, 0) is 6.92 Å². The lowest BCUT2D eigenvalue weighted by Gasteiger charge is -2.36. The summed E-state index contributed by atoms with van der Waals surface area (Å²) in [5.41, 5.74) is 0.805. The van der Waals surface area contributed by atoms with Gasteiger partial charge in [0.15, 0.2) is 0 Å². The second-order valence-electron chi connectivity index (χ2n) is 6.71. The fourth-order valence-electron chi connectivity index (χ4n) is 3.14. The number of rotatable bonds is 2. The summed E-state index contributed by atoms with van der Waals surface area (Å²) < 4.78 is 19.8. The highest BCUT2D eigenvalue weighted by molar-refractivity contribution is 6.19. The number of alkyl halides is 2. The standard InChI is InChI=1S/C14H23ClFNO/c1-10(7-15)5-14-6-11(16)8-17(14)12(18-9-14)13(2,3)4/h5,11-12H,6-9H2,1-4H3/t11-,12-,14-/m1/s1. The molecule has 18 heavy (non-hydrogen) atoms. The topological polar surface area (TPSA) is 12.5 Å². The van der Waals surface area contributed by atoms with Crippen molar-refractivity contribution in [2.24, 2.45) is 5.41 Å². The van der Waals surface area contributed by atoms with Crippen LogP contribution >= 0.6 is 11.6 Å². The van der Waals surface area contributed by atoms with Gasteiger partial charge in [0.2, 0.25) is 0 Å². The molecule has 2 rings (SSSR count). The first kappa shape index (κ1) is 14.3. The summed E-state index contributed by atoms with van der Waals surface area (Å²) in [4.78, 5) is 2.19. The molecule has 2 aliphatic rings. The van der Waals surface area contributed by atoms with Gasteiger partial charge in [-0.15, -0.1) is 11.6 Å². The van der Waals surface area contributed by atoms with Crippen molar-refractivity contribution < 1.29 is 9.13 Å². The average Bonchev–Trinajstić information content (AvgIpc) is 2.69. The van der Waals surface area contributed by atoms with Crippen molar-refractivity contribution in [3.8, 4) is 0 Å². The molecule has 0 radical (unpaired) electrons. The van der Waals surface area contributed by atoms with Crippen LogP contribution < -0.4 is 0 Å². The van der Waals surface area contributed by atoms with E-state index in [1.165, 1.54) is 0 Å². The van der Waals surface area contributed by atoms with Crippen LogP contribution in [0.25, 0.3) is 0 Å². The van der Waals surface area contributed by atoms with Crippen molar-refractivity contribution in [3.05, 3.63) is 11.6 Å². The maximum absolute atomic E-state index is 13.8. The predicted octanol–water partition coefficient (Wildman–Crippen LogP) is 3.36. The van der Waals surface area contributed by atoms with E-state index in [-0.39, 0.29) is 17.2 Å². The highest BCUT2D eigenvalue weighted by Crippen LogP contribution is 2.45. The van der Waals surface area contributed by atoms with Crippen molar-refractivity contribution in [2.45, 2.75) is 52.1 Å². The molecule has 0 N–H and O–H groups in total. The van der Waals surface area contributed by atoms with Gasteiger partial charge in [0.25, 0.3) is 0 Å². The monoisotopic (exact) mass is 275 g/mol. The van der Waals surface area contributed by atoms with E-state index in [0.717, 1.165) is 5.57 Å². The van der Waals surface area contributed by atoms with Crippen LogP contribution in [0.4, 0.5) is 4.39 Å². The first-order chi connectivity index (χ1) is 8.28. The third kappa shape index (κ3) is 2.45. The van der Waals surface area contributed by atoms with Crippen LogP contribution in [0.3, 0.4) is 0 Å². The summed E-state index contributed by atoms with van der Waals surface area (Å²) in [6, 6.07) is 0. The Morgan fingerprint density at radius 2 is 2.22 bits per heavy atom. The Balaban J connectivity index is 2.30. The first-order valence-corrected chi connectivity index (χ1v) is 7.09. The van der Waals surface area contributed by atoms with Crippen LogP contribution in [0.5, 0.6) is 0 Å². The number of allylic oxidation sites excluding steroid dienone is 1. The number of hydrogen-bond donors (Lipinski definition) is 0. The molecule has 3 atom stereocenters. The summed E-state index contributed by atoms with van der Waals surface area (Å²) >= 11 is 5.86. The number of ether oxygens (including phenoxy) is 1. The third-order valence-corrected chi connectivity index (χ3v) is 4.20. The van der Waals surface area contributed by atoms with E-state index in [4.69, 9.17) is 16.3 Å². The largest absolute Gasteiger partial charge is 0.360 e. The Hall–Kier alpha value is -0.120. The summed E-state index contributed by atoms with van der Waals surface area (Å²) in [5, 5.41) is 0. The molecule has 0 aromatic carbocycles. The molecule has 0 saturated carbocycles. The average molecular weight is 276 g/mol. The molecule has 104 valence electrons. The lowest BCUT2D eigenvalue weighted by Crippen LogP contribution is -2.47. The van der Waals surface area contributed by atoms with E-state index in [1.807, 2.05) is 6.92 Å². The Morgan fingerprint density at radius 3 is 2.78 bits per heavy atom. The number of fused-ring (bicyclic) bond motifs is 1. The second kappa shape index (κ2) is 4.77. The van der Waals surface area contributed by atoms with Crippen LogP contribution in [0.2, 0.25) is 0 Å². The lowest BCUT2D eigenvalue weighted by molar-refractivity contribution is -0.0489. The Kier molecular flexibility index (Phi) is 3.79. The van der Waals surface area contributed by atoms with E-state index in [0.29, 0.717) is 25.5 Å². The van der Waals surface area contributed by atoms with Gasteiger partial charge >= 0.3 is 0 Å². The van der Waals surface area contributed by atoms with Gasteiger partial charge in [-0.1, -0.05) is 32.4 Å². The van der Waals surface area contributed by atoms with Crippen molar-refractivity contribution in [1.29, 1.82) is 0 Å². The SMILES string of the molecule is CC(=C[C@@]12CO[C@H](C(C)(C)C)N1C[C@H](F)C2)CCl. The van der Waals surface area contributed by atoms with E-state index in [2.05, 4.69) is 31.7 Å². The maximum Gasteiger partial charge on any atom is 0.116 e. The zero-order valence-corrected chi connectivity index (χ0v) is 12.4. The number of hydrogen-bond acceptors (Lipinski definition) is 2. The second-order valence-corrected chi connectivity index (χ2v) is 6.98. The molecule has 0 aromatic rings. The first-order valence-electron chi connectivity index (χ1n) is 6.55. The predicted molar refractivity (Wildman–Crippen MR) is 72.6 cm³/mol. The van der Waals surface area contributed by atoms with Crippen LogP contribution in [-0.4, -0.2) is 41.9 Å². The number of nitrogens with zero attached hydrogens (tertiary/aromatic N) is 1. The van der Waals surface area contributed by atoms with Crippen LogP contribution in [0.1, 0.15) is 34.1 Å². The van der Waals surface area contributed by atoms with E-state index in [9.17, 15) is 4.39 Å². The minimum absolute atomic E-state index is 0.00544. The Labute approximate surface area is 114 Å². The molecule has 0 bridgehead atoms. The van der Waals surface area contributed by atoms with Gasteiger partial charge in [-0.25, -0.2) is 4.39 Å². The van der Waals surface area contributed by atoms with Gasteiger partial charge < -0.3 is 4.74 Å². The molecule has 2 saturated heterocycles. The minimum atomic E-state index is -0.766. The highest BCUT2D eigenvalue weighted by atomic mass is 35.5. The van der Waals surface area contributed by atoms with Crippen LogP contribution in [-0.2, 0) is 4.74 Å². The van der Waals surface area contributed by atoms with Gasteiger partial charge in [-0.2, -0.15) is 0 Å². The molecular weight excluding hydrogens is 253 g/mol. The molecular formula is C14H23ClFNO. The Morgan fingerprint density at radius 1 is 1.56 bits per heavy atom. The van der Waals surface area contributed by atoms with Crippen LogP contribution in [0.15, 0.2) is 11.6 Å². The van der Waals surface area contributed by atoms with Crippen LogP contribution in [0, 0.1) is 5.41 Å². The van der Waals surface area contributed by atoms with E-state index >= 15 is 0 Å². The summed E-state index contributed by atoms with van der Waals surface area (Å²) in [5.74, 6) is 0.493. The lowest BCUT2D eigenvalue weighted by atomic mass is 9.91. The highest BCUT2D eigenvalue weighted by Gasteiger charge is 2.55. The van der Waals surface area contributed by atoms with Crippen molar-refractivity contribution in [3.63, 3.8) is 0 Å². The summed E-state index contributed by atoms with van der Waals surface area (Å²) in [7, 11) is 0. The fraction of sp³-hybridized carbons (Fsp3) is 0.857. The molecule has 2 heterocycles. The number of halogens is 2. The summed E-state index contributed by atoms with van der Waals surface area (Å²) in [6.07, 6.45) is 1.86. The van der Waals surface area contributed by atoms with Crippen molar-refractivity contribution in [1.82, 2.24) is 4.90 Å². The molecule has 2 aliphatic heterocycles. The van der Waals surface area contributed by atoms with Gasteiger partial charge in [0, 0.05) is 24.3 Å². The van der Waals surface area contributed by atoms with Gasteiger partial charge in [-0.3, -0.25) is 4.90 Å². The minimum Gasteiger partial charge on any atom is -0.360 e. The summed E-state index contributed by atoms with van der Waals surface area (Å²) in [6.45, 7) is 9.44. The zero-order chi connectivity index (χ0) is 13.6. The zero-order valence-electron chi connectivity index (χ0n) is 11.7. The molecule has 0 unspecified atom stereocenters. The van der Waals surface area contributed by atoms with Gasteiger partial charge in [0.05, 0.1) is 12.1 Å². The van der Waals surface area contributed by atoms with Gasteiger partial charge in [0.1, 0.15) is 12.4 Å². The molecule has 2 nitrogen and oxygen atoms in total. The molecule has 0 aromatic heterocycles. The third-order valence-electron chi connectivity index (χ3n) is 3.78. The molecule has 0 spiro atoms. The molecule has 0 aliphatic carbocycles. The van der Waals surface area contributed by atoms with E-state index < -0.39 is 6.17 Å². The molecule has 0 amide bonds. The van der Waals surface area contributed by atoms with Crippen molar-refractivity contribution in [2.75, 3.05) is 19.0 Å². The molecule has 2 fully saturated rings. The Bertz CT molecular complexity index is 352. The maximum atomic E-state index is 13.8. The van der Waals surface area contributed by atoms with Crippen molar-refractivity contribution >= 4 is 11.6 Å². The smallest absolute Gasteiger partial charge is 0.116 e. The normalized spacial score (nSPS) is 38.2. The quantitative estimate of drug-likeness (QED) is 0.566.